The molecule has 4 fully saturated rings. The normalized spacial score (nSPS) is 21.7. The van der Waals surface area contributed by atoms with Gasteiger partial charge in [0.15, 0.2) is 6.61 Å². The Bertz CT molecular complexity index is 1550. The minimum absolute atomic E-state index is 0. The van der Waals surface area contributed by atoms with Crippen LogP contribution in [-0.2, 0) is 20.8 Å². The molecule has 51 heavy (non-hydrogen) atoms. The van der Waals surface area contributed by atoms with Crippen LogP contribution in [0.1, 0.15) is 47.2 Å². The third kappa shape index (κ3) is 9.24. The first-order valence-corrected chi connectivity index (χ1v) is 16.9. The largest absolute Gasteiger partial charge is 0.481 e. The van der Waals surface area contributed by atoms with Gasteiger partial charge in [-0.1, -0.05) is 60.7 Å². The summed E-state index contributed by atoms with van der Waals surface area (Å²) in [6, 6.07) is 20.7. The smallest absolute Gasteiger partial charge is 0.422 e. The highest BCUT2D eigenvalue weighted by Crippen LogP contribution is 2.42. The van der Waals surface area contributed by atoms with Crippen molar-refractivity contribution in [1.29, 1.82) is 0 Å². The van der Waals surface area contributed by atoms with Crippen LogP contribution in [0.3, 0.4) is 0 Å². The van der Waals surface area contributed by atoms with E-state index in [4.69, 9.17) is 18.9 Å². The van der Waals surface area contributed by atoms with E-state index < -0.39 is 12.8 Å². The number of ether oxygens (including phenoxy) is 4. The summed E-state index contributed by atoms with van der Waals surface area (Å²) >= 11 is 0. The number of alkyl halides is 3. The Morgan fingerprint density at radius 1 is 0.902 bits per heavy atom. The first kappa shape index (κ1) is 39.0. The molecule has 1 aromatic heterocycles. The van der Waals surface area contributed by atoms with Gasteiger partial charge in [0.2, 0.25) is 17.7 Å². The van der Waals surface area contributed by atoms with Gasteiger partial charge in [0.1, 0.15) is 12.6 Å². The number of methoxy groups -OCH3 is 1. The minimum Gasteiger partial charge on any atom is -0.481 e. The molecule has 2 atom stereocenters. The highest BCUT2D eigenvalue weighted by atomic mass is 35.5. The summed E-state index contributed by atoms with van der Waals surface area (Å²) in [4.78, 5) is 29.4. The fraction of sp³-hybridized carbons (Fsp3) is 0.528. The molecule has 2 aromatic carbocycles. The Labute approximate surface area is 308 Å². The Morgan fingerprint density at radius 2 is 1.53 bits per heavy atom. The zero-order chi connectivity index (χ0) is 34.0. The van der Waals surface area contributed by atoms with Crippen molar-refractivity contribution in [2.75, 3.05) is 66.4 Å². The fourth-order valence-corrected chi connectivity index (χ4v) is 7.46. The van der Waals surface area contributed by atoms with E-state index in [9.17, 15) is 18.0 Å². The van der Waals surface area contributed by atoms with E-state index in [1.54, 1.807) is 0 Å². The number of nitrogens with zero attached hydrogens (tertiary/aromatic N) is 5. The van der Waals surface area contributed by atoms with E-state index >= 15 is 0 Å². The quantitative estimate of drug-likeness (QED) is 0.274. The maximum absolute atomic E-state index is 13.6. The van der Waals surface area contributed by atoms with E-state index in [0.29, 0.717) is 57.3 Å². The molecule has 1 aliphatic carbocycles. The number of carbonyl (C=O) groups is 1. The summed E-state index contributed by atoms with van der Waals surface area (Å²) in [6.45, 7) is 2.57. The number of hydrogen-bond acceptors (Lipinski definition) is 9. The van der Waals surface area contributed by atoms with Crippen LogP contribution in [0.15, 0.2) is 60.7 Å². The number of amides is 1. The molecule has 0 radical (unpaired) electrons. The predicted molar refractivity (Wildman–Crippen MR) is 188 cm³/mol. The molecule has 7 rings (SSSR count). The molecule has 15 heteroatoms. The van der Waals surface area contributed by atoms with E-state index in [-0.39, 0.29) is 85.7 Å². The summed E-state index contributed by atoms with van der Waals surface area (Å²) in [5.74, 6) is 0.338. The van der Waals surface area contributed by atoms with Crippen molar-refractivity contribution in [2.24, 2.45) is 5.92 Å². The van der Waals surface area contributed by atoms with E-state index in [0.717, 1.165) is 12.8 Å². The monoisotopic (exact) mass is 753 g/mol. The number of benzene rings is 2. The second kappa shape index (κ2) is 17.1. The Kier molecular flexibility index (Phi) is 13.1. The third-order valence-electron chi connectivity index (χ3n) is 9.87. The van der Waals surface area contributed by atoms with Crippen molar-refractivity contribution in [3.8, 4) is 11.8 Å². The highest BCUT2D eigenvalue weighted by Gasteiger charge is 2.44. The van der Waals surface area contributed by atoms with Crippen molar-refractivity contribution in [2.45, 2.75) is 49.5 Å². The molecule has 3 aliphatic heterocycles. The first-order valence-electron chi connectivity index (χ1n) is 16.9. The van der Waals surface area contributed by atoms with Crippen LogP contribution in [0.25, 0.3) is 0 Å². The van der Waals surface area contributed by atoms with Crippen molar-refractivity contribution in [1.82, 2.24) is 24.7 Å². The molecule has 4 heterocycles. The SMILES string of the molecule is COc1nc(C2CC2)nc(OCC(F)(F)F)c1CN1C[C@@H]2CN(C(=O)C3COCOC3)CCN2[C@H](C(c2ccccc2)c2ccccc2)C1.Cl.Cl. The van der Waals surface area contributed by atoms with E-state index in [2.05, 4.69) is 44.0 Å². The van der Waals surface area contributed by atoms with Gasteiger partial charge in [-0.2, -0.15) is 23.1 Å². The summed E-state index contributed by atoms with van der Waals surface area (Å²) in [6.07, 6.45) is -2.78. The lowest BCUT2D eigenvalue weighted by Gasteiger charge is -2.54. The van der Waals surface area contributed by atoms with Crippen LogP contribution >= 0.6 is 24.8 Å². The topological polar surface area (TPSA) is 89.5 Å². The van der Waals surface area contributed by atoms with Gasteiger partial charge in [-0.15, -0.1) is 24.8 Å². The average molecular weight is 755 g/mol. The Balaban J connectivity index is 0.00000252. The lowest BCUT2D eigenvalue weighted by atomic mass is 9.81. The standard InChI is InChI=1S/C36H42F3N5O5.2ClH/c1-46-33-29(34(49-22-36(37,38)39)41-32(40-33)26-12-13-26)18-42-16-28-17-43(35(45)27-20-47-23-48-21-27)14-15-44(28)30(19-42)31(24-8-4-2-5-9-24)25-10-6-3-7-11-25;;/h2-11,26-28,30-31H,12-23H2,1H3;2*1H/t28-,30+;;/m1../s1. The van der Waals surface area contributed by atoms with E-state index in [1.807, 2.05) is 41.3 Å². The number of carbonyl (C=O) groups excluding carboxylic acids is 1. The predicted octanol–water partition coefficient (Wildman–Crippen LogP) is 5.30. The molecule has 3 aromatic rings. The van der Waals surface area contributed by atoms with Crippen molar-refractivity contribution < 1.29 is 36.9 Å². The first-order chi connectivity index (χ1) is 23.8. The maximum Gasteiger partial charge on any atom is 0.422 e. The molecule has 1 amide bonds. The van der Waals surface area contributed by atoms with Crippen LogP contribution in [-0.4, -0.2) is 115 Å². The molecular weight excluding hydrogens is 710 g/mol. The molecule has 278 valence electrons. The second-order valence-corrected chi connectivity index (χ2v) is 13.3. The average Bonchev–Trinajstić information content (AvgIpc) is 3.98. The zero-order valence-corrected chi connectivity index (χ0v) is 30.0. The lowest BCUT2D eigenvalue weighted by Crippen LogP contribution is -2.67. The van der Waals surface area contributed by atoms with Crippen LogP contribution < -0.4 is 9.47 Å². The van der Waals surface area contributed by atoms with Gasteiger partial charge in [0.25, 0.3) is 0 Å². The van der Waals surface area contributed by atoms with Gasteiger partial charge in [0.05, 0.1) is 31.8 Å². The molecule has 0 N–H and O–H groups in total. The number of piperazine rings is 2. The molecule has 10 nitrogen and oxygen atoms in total. The van der Waals surface area contributed by atoms with Crippen LogP contribution in [0.5, 0.6) is 11.8 Å². The highest BCUT2D eigenvalue weighted by molar-refractivity contribution is 5.85. The molecular formula is C36H44Cl2F3N5O5. The molecule has 4 aliphatic rings. The van der Waals surface area contributed by atoms with Gasteiger partial charge >= 0.3 is 6.18 Å². The van der Waals surface area contributed by atoms with E-state index in [1.165, 1.54) is 18.2 Å². The van der Waals surface area contributed by atoms with Crippen molar-refractivity contribution >= 4 is 30.7 Å². The Morgan fingerprint density at radius 3 is 2.12 bits per heavy atom. The second-order valence-electron chi connectivity index (χ2n) is 13.3. The molecule has 3 saturated heterocycles. The number of rotatable bonds is 10. The van der Waals surface area contributed by atoms with Gasteiger partial charge in [-0.25, -0.2) is 0 Å². The van der Waals surface area contributed by atoms with Gasteiger partial charge in [-0.3, -0.25) is 14.6 Å². The summed E-state index contributed by atoms with van der Waals surface area (Å²) in [5, 5.41) is 0. The maximum atomic E-state index is 13.6. The van der Waals surface area contributed by atoms with Crippen LogP contribution in [0.4, 0.5) is 13.2 Å². The number of hydrogen-bond donors (Lipinski definition) is 0. The Hall–Kier alpha value is -3.20. The molecule has 0 spiro atoms. The summed E-state index contributed by atoms with van der Waals surface area (Å²) in [5.41, 5.74) is 2.72. The van der Waals surface area contributed by atoms with Gasteiger partial charge < -0.3 is 23.8 Å². The molecule has 0 bridgehead atoms. The van der Waals surface area contributed by atoms with Gasteiger partial charge in [-0.05, 0) is 24.0 Å². The van der Waals surface area contributed by atoms with Gasteiger partial charge in [0, 0.05) is 63.2 Å². The number of halogens is 5. The van der Waals surface area contributed by atoms with Crippen molar-refractivity contribution in [3.63, 3.8) is 0 Å². The molecule has 0 unspecified atom stereocenters. The number of aromatic nitrogens is 2. The zero-order valence-electron chi connectivity index (χ0n) is 28.4. The fourth-order valence-electron chi connectivity index (χ4n) is 7.46. The minimum atomic E-state index is -4.53. The number of fused-ring (bicyclic) bond motifs is 1. The summed E-state index contributed by atoms with van der Waals surface area (Å²) < 4.78 is 62.2. The van der Waals surface area contributed by atoms with Crippen LogP contribution in [0.2, 0.25) is 0 Å². The van der Waals surface area contributed by atoms with Crippen LogP contribution in [0, 0.1) is 5.92 Å². The molecule has 1 saturated carbocycles. The lowest BCUT2D eigenvalue weighted by molar-refractivity contribution is -0.164. The summed E-state index contributed by atoms with van der Waals surface area (Å²) in [7, 11) is 1.47. The van der Waals surface area contributed by atoms with Crippen molar-refractivity contribution in [3.05, 3.63) is 83.2 Å². The third-order valence-corrected chi connectivity index (χ3v) is 9.87.